The van der Waals surface area contributed by atoms with Crippen molar-refractivity contribution in [2.75, 3.05) is 11.6 Å². The Morgan fingerprint density at radius 2 is 1.72 bits per heavy atom. The van der Waals surface area contributed by atoms with E-state index in [2.05, 4.69) is 15.3 Å². The van der Waals surface area contributed by atoms with Crippen LogP contribution < -0.4 is 27.4 Å². The van der Waals surface area contributed by atoms with Crippen LogP contribution in [-0.4, -0.2) is 75.1 Å². The Balaban J connectivity index is 1.55. The molecule has 14 nitrogen and oxygen atoms in total. The van der Waals surface area contributed by atoms with Gasteiger partial charge in [-0.05, 0) is 54.9 Å². The summed E-state index contributed by atoms with van der Waals surface area (Å²) in [6.07, 6.45) is -13.3. The van der Waals surface area contributed by atoms with Crippen LogP contribution in [0.5, 0.6) is 0 Å². The van der Waals surface area contributed by atoms with Gasteiger partial charge in [-0.2, -0.15) is 31.9 Å². The van der Waals surface area contributed by atoms with Crippen LogP contribution in [0.2, 0.25) is 5.02 Å². The number of alkyl halides is 8. The molecule has 2 aromatic carbocycles. The van der Waals surface area contributed by atoms with Crippen molar-refractivity contribution in [1.29, 1.82) is 5.41 Å². The van der Waals surface area contributed by atoms with Gasteiger partial charge < -0.3 is 15.8 Å². The zero-order valence-corrected chi connectivity index (χ0v) is 31.4. The number of hydrogen-bond donors (Lipinski definition) is 5. The number of aromatic nitrogens is 3. The number of ether oxygens (including phenoxy) is 1. The van der Waals surface area contributed by atoms with Crippen molar-refractivity contribution in [2.24, 2.45) is 22.0 Å². The Hall–Kier alpha value is -5.09. The summed E-state index contributed by atoms with van der Waals surface area (Å²) in [6.45, 7) is 5.24. The molecule has 1 unspecified atom stereocenters. The minimum absolute atomic E-state index is 0.000877. The number of amidine groups is 1. The first-order valence-corrected chi connectivity index (χ1v) is 17.4. The molecule has 0 bridgehead atoms. The minimum Gasteiger partial charge on any atom is -0.447 e. The maximum atomic E-state index is 14.9. The molecule has 1 saturated carbocycles. The van der Waals surface area contributed by atoms with Crippen molar-refractivity contribution in [1.82, 2.24) is 30.7 Å². The predicted octanol–water partition coefficient (Wildman–Crippen LogP) is 6.28. The van der Waals surface area contributed by atoms with E-state index in [4.69, 9.17) is 33.3 Å². The number of carbonyl (C=O) groups is 2. The molecule has 2 amide bonds. The summed E-state index contributed by atoms with van der Waals surface area (Å²) in [7, 11) is 0. The number of nitrogens with two attached hydrogens (primary N) is 2. The van der Waals surface area contributed by atoms with Crippen LogP contribution in [0.25, 0.3) is 11.3 Å². The highest BCUT2D eigenvalue weighted by Gasteiger charge is 2.66. The Kier molecular flexibility index (Phi) is 11.6. The highest BCUT2D eigenvalue weighted by atomic mass is 35.5. The van der Waals surface area contributed by atoms with Gasteiger partial charge in [-0.1, -0.05) is 67.9 Å². The van der Waals surface area contributed by atoms with Gasteiger partial charge in [0.1, 0.15) is 18.3 Å². The quantitative estimate of drug-likeness (QED) is 0.0459. The number of halogens is 9. The summed E-state index contributed by atoms with van der Waals surface area (Å²) in [5, 5.41) is 17.3. The Bertz CT molecular complexity index is 2030. The van der Waals surface area contributed by atoms with E-state index in [9.17, 15) is 44.7 Å². The van der Waals surface area contributed by atoms with Crippen LogP contribution in [0.15, 0.2) is 53.7 Å². The minimum atomic E-state index is -4.83. The number of benzene rings is 2. The monoisotopic (exact) mass is 835 g/mol. The molecule has 0 saturated heterocycles. The number of hydrogen-bond acceptors (Lipinski definition) is 10. The van der Waals surface area contributed by atoms with E-state index < -0.39 is 77.8 Å². The third kappa shape index (κ3) is 8.61. The van der Waals surface area contributed by atoms with Crippen molar-refractivity contribution in [2.45, 2.75) is 88.9 Å². The smallest absolute Gasteiger partial charge is 0.413 e. The second kappa shape index (κ2) is 15.3. The standard InChI is InChI=1S/C34H38ClF8N11O3/c1-17(33(38,39)40)47-29(56)57-15-24(19-7-10-21(35)23(13-19)54(50-46)26(44)25(36)37)53-27(55)32(48-28(53)45,16-30(2,3)4)20-8-5-18(6-9-20)22-14-52(51-49-22)31(11-12-31)34(41,42)43/h5-10,13-14,17,24-25,44,50H,11-12,15-16,46H2,1-4H3,(H2,45,48)(H,47,56)/t17-,24?,32+/m0/s1. The van der Waals surface area contributed by atoms with Gasteiger partial charge in [0.25, 0.3) is 12.3 Å². The average molecular weight is 836 g/mol. The lowest BCUT2D eigenvalue weighted by Crippen LogP contribution is -2.50. The molecule has 1 aromatic heterocycles. The molecular weight excluding hydrogens is 798 g/mol. The second-order valence-electron chi connectivity index (χ2n) is 14.8. The van der Waals surface area contributed by atoms with Gasteiger partial charge in [0.15, 0.2) is 22.9 Å². The highest BCUT2D eigenvalue weighted by Crippen LogP contribution is 2.55. The summed E-state index contributed by atoms with van der Waals surface area (Å²) in [5.74, 6) is 2.90. The van der Waals surface area contributed by atoms with E-state index in [1.54, 1.807) is 5.32 Å². The van der Waals surface area contributed by atoms with E-state index in [0.29, 0.717) is 17.5 Å². The van der Waals surface area contributed by atoms with Crippen LogP contribution in [-0.2, 0) is 20.6 Å². The number of hydrazine groups is 2. The number of rotatable bonds is 12. The summed E-state index contributed by atoms with van der Waals surface area (Å²) in [4.78, 5) is 33.1. The number of amides is 2. The maximum Gasteiger partial charge on any atom is 0.413 e. The number of nitrogens with one attached hydrogen (secondary N) is 3. The third-order valence-corrected chi connectivity index (χ3v) is 9.75. The number of guanidine groups is 1. The molecule has 7 N–H and O–H groups in total. The van der Waals surface area contributed by atoms with E-state index in [-0.39, 0.29) is 46.8 Å². The number of anilines is 1. The van der Waals surface area contributed by atoms with Crippen LogP contribution in [0.3, 0.4) is 0 Å². The lowest BCUT2D eigenvalue weighted by molar-refractivity contribution is -0.183. The van der Waals surface area contributed by atoms with Crippen molar-refractivity contribution < 1.29 is 49.4 Å². The zero-order chi connectivity index (χ0) is 42.5. The SMILES string of the molecule is C[C@H](NC(=O)OCC(c1ccc(Cl)c(N(NN)C(=N)C(F)F)c1)N1C(=O)[C@@](CC(C)(C)C)(c2ccc(-c3cn(C4(C(F)(F)F)CC4)nn3)cc2)N=C1N)C(F)(F)F. The number of aliphatic imine (C=N–C) groups is 1. The predicted molar refractivity (Wildman–Crippen MR) is 191 cm³/mol. The van der Waals surface area contributed by atoms with Crippen LogP contribution in [0.4, 0.5) is 45.6 Å². The summed E-state index contributed by atoms with van der Waals surface area (Å²) < 4.78 is 114. The van der Waals surface area contributed by atoms with Gasteiger partial charge in [-0.25, -0.2) is 28.3 Å². The third-order valence-electron chi connectivity index (χ3n) is 9.43. The summed E-state index contributed by atoms with van der Waals surface area (Å²) in [6, 6.07) is 5.82. The first-order valence-electron chi connectivity index (χ1n) is 17.1. The average Bonchev–Trinajstić information content (AvgIpc) is 3.73. The van der Waals surface area contributed by atoms with Crippen LogP contribution >= 0.6 is 11.6 Å². The van der Waals surface area contributed by atoms with Crippen LogP contribution in [0.1, 0.15) is 64.1 Å². The van der Waals surface area contributed by atoms with Crippen molar-refractivity contribution in [3.63, 3.8) is 0 Å². The van der Waals surface area contributed by atoms with Crippen molar-refractivity contribution in [3.05, 3.63) is 64.8 Å². The molecular formula is C34H38ClF8N11O3. The molecule has 1 aliphatic carbocycles. The largest absolute Gasteiger partial charge is 0.447 e. The van der Waals surface area contributed by atoms with E-state index >= 15 is 0 Å². The Morgan fingerprint density at radius 3 is 2.25 bits per heavy atom. The number of nitrogens with zero attached hydrogens (tertiary/aromatic N) is 6. The normalized spacial score (nSPS) is 19.3. The zero-order valence-electron chi connectivity index (χ0n) is 30.6. The van der Waals surface area contributed by atoms with Crippen molar-refractivity contribution >= 4 is 41.1 Å². The van der Waals surface area contributed by atoms with Crippen molar-refractivity contribution in [3.8, 4) is 11.3 Å². The fraction of sp³-hybridized carbons (Fsp3) is 0.471. The molecule has 2 aliphatic rings. The Morgan fingerprint density at radius 1 is 1.09 bits per heavy atom. The van der Waals surface area contributed by atoms with Crippen LogP contribution in [0, 0.1) is 10.8 Å². The molecule has 57 heavy (non-hydrogen) atoms. The van der Waals surface area contributed by atoms with E-state index in [1.165, 1.54) is 42.6 Å². The number of alkyl carbamates (subject to hydrolysis) is 1. The van der Waals surface area contributed by atoms with Gasteiger partial charge in [-0.15, -0.1) is 5.10 Å². The highest BCUT2D eigenvalue weighted by molar-refractivity contribution is 6.33. The molecule has 3 atom stereocenters. The Labute approximate surface area is 325 Å². The van der Waals surface area contributed by atoms with Gasteiger partial charge in [0.05, 0.1) is 22.9 Å². The molecule has 2 heterocycles. The van der Waals surface area contributed by atoms with Gasteiger partial charge in [-0.3, -0.25) is 20.9 Å². The molecule has 0 spiro atoms. The molecule has 0 radical (unpaired) electrons. The lowest BCUT2D eigenvalue weighted by atomic mass is 9.75. The summed E-state index contributed by atoms with van der Waals surface area (Å²) in [5.41, 5.74) is 4.24. The van der Waals surface area contributed by atoms with Gasteiger partial charge >= 0.3 is 18.4 Å². The van der Waals surface area contributed by atoms with Gasteiger partial charge in [0.2, 0.25) is 0 Å². The summed E-state index contributed by atoms with van der Waals surface area (Å²) >= 11 is 6.30. The maximum absolute atomic E-state index is 14.9. The topological polar surface area (TPSA) is 193 Å². The fourth-order valence-corrected chi connectivity index (χ4v) is 6.61. The molecule has 3 aromatic rings. The number of carbonyl (C=O) groups excluding carboxylic acids is 2. The molecule has 310 valence electrons. The first-order chi connectivity index (χ1) is 26.3. The molecule has 23 heteroatoms. The molecule has 5 rings (SSSR count). The lowest BCUT2D eigenvalue weighted by Gasteiger charge is -2.35. The van der Waals surface area contributed by atoms with E-state index in [1.807, 2.05) is 26.3 Å². The first kappa shape index (κ1) is 43.0. The van der Waals surface area contributed by atoms with Gasteiger partial charge in [0, 0.05) is 5.56 Å². The fourth-order valence-electron chi connectivity index (χ4n) is 6.41. The molecule has 1 aliphatic heterocycles. The second-order valence-corrected chi connectivity index (χ2v) is 15.2. The van der Waals surface area contributed by atoms with E-state index in [0.717, 1.165) is 15.6 Å². The molecule has 1 fully saturated rings.